The zero-order valence-corrected chi connectivity index (χ0v) is 18.3. The van der Waals surface area contributed by atoms with Gasteiger partial charge in [0.15, 0.2) is 0 Å². The van der Waals surface area contributed by atoms with Crippen molar-refractivity contribution in [3.8, 4) is 0 Å². The highest BCUT2D eigenvalue weighted by Gasteiger charge is 2.51. The summed E-state index contributed by atoms with van der Waals surface area (Å²) in [6.07, 6.45) is 6.11. The van der Waals surface area contributed by atoms with Gasteiger partial charge < -0.3 is 4.43 Å². The zero-order chi connectivity index (χ0) is 19.9. The third-order valence-electron chi connectivity index (χ3n) is 5.39. The molecule has 0 unspecified atom stereocenters. The Morgan fingerprint density at radius 2 is 1.41 bits per heavy atom. The van der Waals surface area contributed by atoms with Gasteiger partial charge in [0.05, 0.1) is 0 Å². The normalized spacial score (nSPS) is 14.4. The maximum Gasteiger partial charge on any atom is 0.261 e. The number of hydrogen-bond donors (Lipinski definition) is 0. The number of hydrogen-bond acceptors (Lipinski definition) is 1. The summed E-state index contributed by atoms with van der Waals surface area (Å²) in [6.45, 7) is 17.1. The molecule has 2 rings (SSSR count). The third kappa shape index (κ3) is 4.69. The lowest BCUT2D eigenvalue weighted by atomic mass is 9.98. The van der Waals surface area contributed by atoms with Gasteiger partial charge in [0.2, 0.25) is 0 Å². The highest BCUT2D eigenvalue weighted by molar-refractivity contribution is 6.99. The van der Waals surface area contributed by atoms with Crippen LogP contribution >= 0.6 is 0 Å². The van der Waals surface area contributed by atoms with Crippen LogP contribution in [-0.2, 0) is 4.43 Å². The fraction of sp³-hybridized carbons (Fsp3) is 0.360. The lowest BCUT2D eigenvalue weighted by Gasteiger charge is -2.45. The molecule has 0 spiro atoms. The second-order valence-electron chi connectivity index (χ2n) is 8.25. The number of allylic oxidation sites excluding steroid dienone is 1. The topological polar surface area (TPSA) is 9.23 Å². The Morgan fingerprint density at radius 3 is 1.78 bits per heavy atom. The minimum absolute atomic E-state index is 0.00583. The average Bonchev–Trinajstić information content (AvgIpc) is 2.67. The van der Waals surface area contributed by atoms with Gasteiger partial charge in [-0.3, -0.25) is 0 Å². The highest BCUT2D eigenvalue weighted by Crippen LogP contribution is 2.38. The first-order chi connectivity index (χ1) is 12.9. The molecule has 2 aromatic carbocycles. The van der Waals surface area contributed by atoms with E-state index in [1.807, 2.05) is 12.2 Å². The van der Waals surface area contributed by atoms with E-state index in [0.717, 1.165) is 12.8 Å². The molecule has 2 heteroatoms. The van der Waals surface area contributed by atoms with Gasteiger partial charge in [-0.25, -0.2) is 0 Å². The fourth-order valence-corrected chi connectivity index (χ4v) is 8.66. The highest BCUT2D eigenvalue weighted by atomic mass is 28.4. The van der Waals surface area contributed by atoms with Crippen molar-refractivity contribution in [3.63, 3.8) is 0 Å². The Hall–Kier alpha value is -1.90. The summed E-state index contributed by atoms with van der Waals surface area (Å²) < 4.78 is 7.16. The zero-order valence-electron chi connectivity index (χ0n) is 17.3. The SMILES string of the molecule is C=CCC[C@@H](C=C)[C@H](C)O[Si](c1ccccc1)(c1ccccc1)C(C)(C)C. The average molecular weight is 379 g/mol. The van der Waals surface area contributed by atoms with E-state index in [4.69, 9.17) is 4.43 Å². The van der Waals surface area contributed by atoms with Crippen LogP contribution in [0.3, 0.4) is 0 Å². The number of benzene rings is 2. The van der Waals surface area contributed by atoms with E-state index in [0.29, 0.717) is 5.92 Å². The van der Waals surface area contributed by atoms with E-state index in [1.165, 1.54) is 10.4 Å². The van der Waals surface area contributed by atoms with Gasteiger partial charge in [0, 0.05) is 12.0 Å². The molecule has 0 aliphatic carbocycles. The van der Waals surface area contributed by atoms with Crippen LogP contribution in [0.1, 0.15) is 40.5 Å². The Bertz CT molecular complexity index is 675. The summed E-state index contributed by atoms with van der Waals surface area (Å²) in [7, 11) is -2.50. The Balaban J connectivity index is 2.58. The van der Waals surface area contributed by atoms with Gasteiger partial charge in [-0.1, -0.05) is 93.6 Å². The van der Waals surface area contributed by atoms with Crippen molar-refractivity contribution in [2.45, 2.75) is 51.7 Å². The van der Waals surface area contributed by atoms with E-state index in [-0.39, 0.29) is 11.1 Å². The molecule has 0 saturated carbocycles. The molecule has 27 heavy (non-hydrogen) atoms. The molecule has 0 aliphatic heterocycles. The largest absolute Gasteiger partial charge is 0.404 e. The van der Waals surface area contributed by atoms with Crippen LogP contribution in [0, 0.1) is 5.92 Å². The van der Waals surface area contributed by atoms with Crippen LogP contribution in [0.2, 0.25) is 5.04 Å². The predicted octanol–water partition coefficient (Wildman–Crippen LogP) is 5.72. The molecule has 0 bridgehead atoms. The summed E-state index contributed by atoms with van der Waals surface area (Å²) in [5, 5.41) is 2.64. The summed E-state index contributed by atoms with van der Waals surface area (Å²) in [6, 6.07) is 21.6. The first kappa shape index (κ1) is 21.4. The third-order valence-corrected chi connectivity index (χ3v) is 10.5. The van der Waals surface area contributed by atoms with Crippen LogP contribution in [-0.4, -0.2) is 14.4 Å². The van der Waals surface area contributed by atoms with Crippen LogP contribution < -0.4 is 10.4 Å². The minimum Gasteiger partial charge on any atom is -0.404 e. The molecule has 0 N–H and O–H groups in total. The molecule has 0 aliphatic rings. The molecule has 0 fully saturated rings. The molecule has 0 aromatic heterocycles. The molecule has 2 aromatic rings. The Labute approximate surface area is 166 Å². The van der Waals surface area contributed by atoms with Crippen molar-refractivity contribution in [3.05, 3.63) is 86.0 Å². The quantitative estimate of drug-likeness (QED) is 0.400. The second-order valence-corrected chi connectivity index (χ2v) is 12.5. The lowest BCUT2D eigenvalue weighted by molar-refractivity contribution is 0.158. The van der Waals surface area contributed by atoms with Crippen LogP contribution in [0.5, 0.6) is 0 Å². The molecule has 0 saturated heterocycles. The molecular weight excluding hydrogens is 344 g/mol. The molecule has 1 nitrogen and oxygen atoms in total. The van der Waals surface area contributed by atoms with Crippen molar-refractivity contribution in [2.75, 3.05) is 0 Å². The maximum atomic E-state index is 7.16. The van der Waals surface area contributed by atoms with E-state index in [1.54, 1.807) is 0 Å². The monoisotopic (exact) mass is 378 g/mol. The summed E-state index contributed by atoms with van der Waals surface area (Å²) in [4.78, 5) is 0. The molecule has 0 radical (unpaired) electrons. The van der Waals surface area contributed by atoms with Crippen LogP contribution in [0.25, 0.3) is 0 Å². The molecule has 2 atom stereocenters. The maximum absolute atomic E-state index is 7.16. The second kappa shape index (κ2) is 9.34. The summed E-state index contributed by atoms with van der Waals surface area (Å²) in [5.74, 6) is 0.310. The lowest BCUT2D eigenvalue weighted by Crippen LogP contribution is -2.67. The Kier molecular flexibility index (Phi) is 7.40. The predicted molar refractivity (Wildman–Crippen MR) is 121 cm³/mol. The molecule has 0 amide bonds. The fourth-order valence-electron chi connectivity index (χ4n) is 3.91. The first-order valence-corrected chi connectivity index (χ1v) is 11.8. The van der Waals surface area contributed by atoms with E-state index in [2.05, 4.69) is 102 Å². The molecule has 0 heterocycles. The van der Waals surface area contributed by atoms with Crippen molar-refractivity contribution in [1.82, 2.24) is 0 Å². The van der Waals surface area contributed by atoms with Crippen molar-refractivity contribution >= 4 is 18.7 Å². The first-order valence-electron chi connectivity index (χ1n) is 9.89. The van der Waals surface area contributed by atoms with Crippen LogP contribution in [0.15, 0.2) is 86.0 Å². The van der Waals surface area contributed by atoms with Gasteiger partial charge >= 0.3 is 0 Å². The van der Waals surface area contributed by atoms with Crippen LogP contribution in [0.4, 0.5) is 0 Å². The van der Waals surface area contributed by atoms with Gasteiger partial charge in [-0.15, -0.1) is 13.2 Å². The van der Waals surface area contributed by atoms with E-state index >= 15 is 0 Å². The van der Waals surface area contributed by atoms with Gasteiger partial charge in [-0.05, 0) is 35.2 Å². The molecule has 144 valence electrons. The number of rotatable bonds is 9. The van der Waals surface area contributed by atoms with Crippen molar-refractivity contribution < 1.29 is 4.43 Å². The van der Waals surface area contributed by atoms with Crippen molar-refractivity contribution in [1.29, 1.82) is 0 Å². The Morgan fingerprint density at radius 1 is 0.926 bits per heavy atom. The minimum atomic E-state index is -2.50. The summed E-state index contributed by atoms with van der Waals surface area (Å²) >= 11 is 0. The smallest absolute Gasteiger partial charge is 0.261 e. The van der Waals surface area contributed by atoms with E-state index in [9.17, 15) is 0 Å². The van der Waals surface area contributed by atoms with E-state index < -0.39 is 8.32 Å². The molecular formula is C25H34OSi. The summed E-state index contributed by atoms with van der Waals surface area (Å²) in [5.41, 5.74) is 0. The van der Waals surface area contributed by atoms with Gasteiger partial charge in [0.25, 0.3) is 8.32 Å². The van der Waals surface area contributed by atoms with Gasteiger partial charge in [0.1, 0.15) is 0 Å². The van der Waals surface area contributed by atoms with Crippen molar-refractivity contribution in [2.24, 2.45) is 5.92 Å². The van der Waals surface area contributed by atoms with Gasteiger partial charge in [-0.2, -0.15) is 0 Å². The standard InChI is InChI=1S/C25H34OSi/c1-7-9-16-22(8-2)21(3)26-27(25(4,5)6,23-17-12-10-13-18-23)24-19-14-11-15-20-24/h7-8,10-15,17-22H,1-2,9,16H2,3-6H3/t21-,22+/m0/s1.